The molecule has 5 heteroatoms. The molecular weight excluding hydrogens is 305 g/mol. The van der Waals surface area contributed by atoms with Crippen LogP contribution in [0.4, 0.5) is 0 Å². The highest BCUT2D eigenvalue weighted by Crippen LogP contribution is 2.36. The Balaban J connectivity index is 2.28. The zero-order chi connectivity index (χ0) is 14.4. The molecule has 0 amide bonds. The SMILES string of the molecule is CC(C)c1ccc(B2OC(C)(C)C(C)(C)O2)nc1Br. The third-order valence-corrected chi connectivity index (χ3v) is 4.65. The molecule has 1 aliphatic heterocycles. The van der Waals surface area contributed by atoms with Crippen molar-refractivity contribution in [3.8, 4) is 0 Å². The van der Waals surface area contributed by atoms with Crippen molar-refractivity contribution >= 4 is 28.6 Å². The van der Waals surface area contributed by atoms with Crippen molar-refractivity contribution in [2.24, 2.45) is 0 Å². The molecule has 0 bridgehead atoms. The lowest BCUT2D eigenvalue weighted by Crippen LogP contribution is -2.41. The van der Waals surface area contributed by atoms with Gasteiger partial charge in [0.2, 0.25) is 0 Å². The fourth-order valence-corrected chi connectivity index (χ4v) is 2.78. The van der Waals surface area contributed by atoms with Crippen LogP contribution in [0.15, 0.2) is 16.7 Å². The molecule has 19 heavy (non-hydrogen) atoms. The predicted molar refractivity (Wildman–Crippen MR) is 81.7 cm³/mol. The van der Waals surface area contributed by atoms with Crippen LogP contribution >= 0.6 is 15.9 Å². The molecule has 0 unspecified atom stereocenters. The van der Waals surface area contributed by atoms with E-state index in [1.807, 2.05) is 33.8 Å². The van der Waals surface area contributed by atoms with Gasteiger partial charge in [0.15, 0.2) is 0 Å². The summed E-state index contributed by atoms with van der Waals surface area (Å²) in [6.07, 6.45) is 0. The maximum Gasteiger partial charge on any atom is 0.514 e. The lowest BCUT2D eigenvalue weighted by atomic mass is 9.83. The van der Waals surface area contributed by atoms with E-state index in [1.165, 1.54) is 5.56 Å². The molecule has 1 aliphatic rings. The molecule has 0 saturated carbocycles. The standard InChI is InChI=1S/C14H21BBrNO2/c1-9(2)10-7-8-11(17-12(10)16)15-18-13(3,4)14(5,6)19-15/h7-9H,1-6H3. The number of halogens is 1. The summed E-state index contributed by atoms with van der Waals surface area (Å²) in [6.45, 7) is 12.5. The Hall–Kier alpha value is -0.385. The topological polar surface area (TPSA) is 31.4 Å². The van der Waals surface area contributed by atoms with E-state index >= 15 is 0 Å². The van der Waals surface area contributed by atoms with E-state index in [1.54, 1.807) is 0 Å². The van der Waals surface area contributed by atoms with Crippen LogP contribution in [0.1, 0.15) is 53.0 Å². The summed E-state index contributed by atoms with van der Waals surface area (Å²) < 4.78 is 12.9. The molecule has 0 aromatic carbocycles. The lowest BCUT2D eigenvalue weighted by molar-refractivity contribution is 0.00578. The van der Waals surface area contributed by atoms with Crippen LogP contribution in [0.5, 0.6) is 0 Å². The van der Waals surface area contributed by atoms with E-state index in [4.69, 9.17) is 9.31 Å². The van der Waals surface area contributed by atoms with Gasteiger partial charge in [0, 0.05) is 0 Å². The van der Waals surface area contributed by atoms with Crippen molar-refractivity contribution in [3.63, 3.8) is 0 Å². The van der Waals surface area contributed by atoms with Crippen molar-refractivity contribution in [1.29, 1.82) is 0 Å². The van der Waals surface area contributed by atoms with Gasteiger partial charge in [-0.15, -0.1) is 0 Å². The summed E-state index contributed by atoms with van der Waals surface area (Å²) >= 11 is 3.53. The van der Waals surface area contributed by atoms with Crippen molar-refractivity contribution < 1.29 is 9.31 Å². The molecule has 0 N–H and O–H groups in total. The molecule has 0 spiro atoms. The average Bonchev–Trinajstić information content (AvgIpc) is 2.47. The second kappa shape index (κ2) is 4.87. The highest BCUT2D eigenvalue weighted by Gasteiger charge is 2.52. The summed E-state index contributed by atoms with van der Waals surface area (Å²) in [7, 11) is -0.400. The Morgan fingerprint density at radius 1 is 1.11 bits per heavy atom. The van der Waals surface area contributed by atoms with Crippen LogP contribution in [-0.2, 0) is 9.31 Å². The Morgan fingerprint density at radius 2 is 1.63 bits per heavy atom. The zero-order valence-electron chi connectivity index (χ0n) is 12.5. The van der Waals surface area contributed by atoms with Gasteiger partial charge < -0.3 is 9.31 Å². The van der Waals surface area contributed by atoms with E-state index in [2.05, 4.69) is 40.8 Å². The third kappa shape index (κ3) is 2.74. The first-order chi connectivity index (χ1) is 8.64. The van der Waals surface area contributed by atoms with Crippen molar-refractivity contribution in [2.45, 2.75) is 58.7 Å². The summed E-state index contributed by atoms with van der Waals surface area (Å²) in [4.78, 5) is 4.57. The first-order valence-electron chi connectivity index (χ1n) is 6.66. The van der Waals surface area contributed by atoms with Gasteiger partial charge in [0.25, 0.3) is 0 Å². The Morgan fingerprint density at radius 3 is 2.05 bits per heavy atom. The Kier molecular flexibility index (Phi) is 3.84. The third-order valence-electron chi connectivity index (χ3n) is 4.02. The molecule has 0 atom stereocenters. The lowest BCUT2D eigenvalue weighted by Gasteiger charge is -2.32. The van der Waals surface area contributed by atoms with Crippen molar-refractivity contribution in [1.82, 2.24) is 4.98 Å². The number of rotatable bonds is 2. The van der Waals surface area contributed by atoms with Gasteiger partial charge in [-0.25, -0.2) is 4.98 Å². The Labute approximate surface area is 124 Å². The van der Waals surface area contributed by atoms with E-state index in [0.717, 1.165) is 10.2 Å². The smallest absolute Gasteiger partial charge is 0.398 e. The van der Waals surface area contributed by atoms with Gasteiger partial charge in [-0.05, 0) is 61.2 Å². The molecule has 104 valence electrons. The van der Waals surface area contributed by atoms with Crippen molar-refractivity contribution in [3.05, 3.63) is 22.3 Å². The number of nitrogens with zero attached hydrogens (tertiary/aromatic N) is 1. The second-order valence-electron chi connectivity index (χ2n) is 6.36. The van der Waals surface area contributed by atoms with Gasteiger partial charge in [-0.2, -0.15) is 0 Å². The van der Waals surface area contributed by atoms with Gasteiger partial charge in [0.05, 0.1) is 16.8 Å². The molecule has 0 aliphatic carbocycles. The Bertz CT molecular complexity index is 472. The number of aromatic nitrogens is 1. The zero-order valence-corrected chi connectivity index (χ0v) is 14.0. The van der Waals surface area contributed by atoms with Gasteiger partial charge in [-0.3, -0.25) is 0 Å². The monoisotopic (exact) mass is 325 g/mol. The minimum Gasteiger partial charge on any atom is -0.398 e. The molecule has 1 aromatic heterocycles. The number of pyridine rings is 1. The summed E-state index contributed by atoms with van der Waals surface area (Å²) in [5.41, 5.74) is 1.35. The fraction of sp³-hybridized carbons (Fsp3) is 0.643. The van der Waals surface area contributed by atoms with Crippen LogP contribution in [0.25, 0.3) is 0 Å². The minimum atomic E-state index is -0.400. The molecule has 1 aromatic rings. The maximum atomic E-state index is 6.00. The minimum absolute atomic E-state index is 0.331. The van der Waals surface area contributed by atoms with E-state index in [-0.39, 0.29) is 11.2 Å². The van der Waals surface area contributed by atoms with Crippen LogP contribution < -0.4 is 5.59 Å². The average molecular weight is 326 g/mol. The van der Waals surface area contributed by atoms with Crippen LogP contribution in [-0.4, -0.2) is 23.3 Å². The summed E-state index contributed by atoms with van der Waals surface area (Å²) in [6, 6.07) is 4.07. The molecule has 0 radical (unpaired) electrons. The normalized spacial score (nSPS) is 21.2. The first kappa shape index (κ1) is 15.0. The highest BCUT2D eigenvalue weighted by atomic mass is 79.9. The first-order valence-corrected chi connectivity index (χ1v) is 7.45. The summed E-state index contributed by atoms with van der Waals surface area (Å²) in [5.74, 6) is 0.439. The molecule has 3 nitrogen and oxygen atoms in total. The number of hydrogen-bond donors (Lipinski definition) is 0. The van der Waals surface area contributed by atoms with E-state index in [9.17, 15) is 0 Å². The highest BCUT2D eigenvalue weighted by molar-refractivity contribution is 9.10. The van der Waals surface area contributed by atoms with Crippen LogP contribution in [0.3, 0.4) is 0 Å². The largest absolute Gasteiger partial charge is 0.514 e. The fourth-order valence-electron chi connectivity index (χ4n) is 1.98. The van der Waals surface area contributed by atoms with E-state index in [0.29, 0.717) is 5.92 Å². The molecular formula is C14H21BBrNO2. The van der Waals surface area contributed by atoms with Gasteiger partial charge >= 0.3 is 7.12 Å². The van der Waals surface area contributed by atoms with Crippen molar-refractivity contribution in [2.75, 3.05) is 0 Å². The number of hydrogen-bond acceptors (Lipinski definition) is 3. The quantitative estimate of drug-likeness (QED) is 0.617. The van der Waals surface area contributed by atoms with Gasteiger partial charge in [-0.1, -0.05) is 19.9 Å². The molecule has 2 heterocycles. The van der Waals surface area contributed by atoms with Gasteiger partial charge in [0.1, 0.15) is 4.60 Å². The maximum absolute atomic E-state index is 6.00. The summed E-state index contributed by atoms with van der Waals surface area (Å²) in [5, 5.41) is 0. The van der Waals surface area contributed by atoms with Crippen LogP contribution in [0.2, 0.25) is 0 Å². The molecule has 1 saturated heterocycles. The molecule has 2 rings (SSSR count). The second-order valence-corrected chi connectivity index (χ2v) is 7.11. The molecule has 1 fully saturated rings. The van der Waals surface area contributed by atoms with Crippen LogP contribution in [0, 0.1) is 0 Å². The van der Waals surface area contributed by atoms with E-state index < -0.39 is 7.12 Å². The predicted octanol–water partition coefficient (Wildman–Crippen LogP) is 3.27.